The second-order valence-electron chi connectivity index (χ2n) is 5.71. The summed E-state index contributed by atoms with van der Waals surface area (Å²) in [7, 11) is 1.46. The fourth-order valence-electron chi connectivity index (χ4n) is 2.40. The van der Waals surface area contributed by atoms with Gasteiger partial charge in [-0.15, -0.1) is 0 Å². The number of nitrogen functional groups attached to an aromatic ring is 1. The molecule has 0 aliphatic heterocycles. The summed E-state index contributed by atoms with van der Waals surface area (Å²) in [5, 5.41) is 2.44. The van der Waals surface area contributed by atoms with E-state index in [9.17, 15) is 14.0 Å². The third kappa shape index (κ3) is 4.04. The largest absolute Gasteiger partial charge is 0.382 e. The van der Waals surface area contributed by atoms with E-state index in [2.05, 4.69) is 26.1 Å². The lowest BCUT2D eigenvalue weighted by molar-refractivity contribution is 0.0952. The molecule has 3 rings (SSSR count). The van der Waals surface area contributed by atoms with Crippen molar-refractivity contribution in [1.29, 1.82) is 0 Å². The first kappa shape index (κ1) is 18.8. The maximum atomic E-state index is 13.6. The van der Waals surface area contributed by atoms with Gasteiger partial charge in [0.1, 0.15) is 5.82 Å². The second kappa shape index (κ2) is 8.12. The number of rotatable bonds is 5. The molecule has 0 bridgehead atoms. The monoisotopic (exact) mass is 380 g/mol. The van der Waals surface area contributed by atoms with Gasteiger partial charge in [-0.3, -0.25) is 20.4 Å². The smallest absolute Gasteiger partial charge is 0.273 e. The predicted octanol–water partition coefficient (Wildman–Crippen LogP) is 1.98. The Kier molecular flexibility index (Phi) is 5.45. The number of nitrogens with one attached hydrogen (secondary N) is 3. The molecule has 0 unspecified atom stereocenters. The highest BCUT2D eigenvalue weighted by molar-refractivity contribution is 5.97. The average Bonchev–Trinajstić information content (AvgIpc) is 2.73. The van der Waals surface area contributed by atoms with Crippen molar-refractivity contribution in [1.82, 2.24) is 20.7 Å². The summed E-state index contributed by atoms with van der Waals surface area (Å²) in [6.45, 7) is 0. The fourth-order valence-corrected chi connectivity index (χ4v) is 2.40. The summed E-state index contributed by atoms with van der Waals surface area (Å²) >= 11 is 0. The minimum atomic E-state index is -0.490. The molecule has 2 amide bonds. The molecule has 8 nitrogen and oxygen atoms in total. The minimum Gasteiger partial charge on any atom is -0.382 e. The lowest BCUT2D eigenvalue weighted by Gasteiger charge is -2.10. The van der Waals surface area contributed by atoms with E-state index in [-0.39, 0.29) is 17.2 Å². The molecule has 0 aliphatic rings. The van der Waals surface area contributed by atoms with Crippen molar-refractivity contribution in [3.05, 3.63) is 71.8 Å². The van der Waals surface area contributed by atoms with Crippen molar-refractivity contribution in [2.75, 3.05) is 18.2 Å². The molecule has 28 heavy (non-hydrogen) atoms. The van der Waals surface area contributed by atoms with Crippen molar-refractivity contribution in [3.8, 4) is 11.3 Å². The van der Waals surface area contributed by atoms with E-state index < -0.39 is 17.6 Å². The van der Waals surface area contributed by atoms with E-state index in [0.717, 1.165) is 0 Å². The highest BCUT2D eigenvalue weighted by Gasteiger charge is 2.14. The zero-order valence-corrected chi connectivity index (χ0v) is 14.9. The topological polar surface area (TPSA) is 122 Å². The van der Waals surface area contributed by atoms with E-state index >= 15 is 0 Å². The average molecular weight is 380 g/mol. The number of aromatic nitrogens is 2. The molecule has 142 valence electrons. The van der Waals surface area contributed by atoms with Crippen molar-refractivity contribution < 1.29 is 14.0 Å². The van der Waals surface area contributed by atoms with Gasteiger partial charge in [0.2, 0.25) is 0 Å². The Morgan fingerprint density at radius 3 is 2.61 bits per heavy atom. The van der Waals surface area contributed by atoms with Crippen LogP contribution in [0.3, 0.4) is 0 Å². The molecule has 3 aromatic rings. The zero-order chi connectivity index (χ0) is 20.1. The maximum Gasteiger partial charge on any atom is 0.273 e. The zero-order valence-electron chi connectivity index (χ0n) is 14.9. The van der Waals surface area contributed by atoms with E-state index in [1.54, 1.807) is 36.4 Å². The van der Waals surface area contributed by atoms with Gasteiger partial charge in [0.15, 0.2) is 11.5 Å². The van der Waals surface area contributed by atoms with Crippen LogP contribution in [0.2, 0.25) is 0 Å². The predicted molar refractivity (Wildman–Crippen MR) is 103 cm³/mol. The van der Waals surface area contributed by atoms with Crippen LogP contribution in [0, 0.1) is 5.82 Å². The number of benzene rings is 2. The number of halogens is 1. The number of hydrogen-bond acceptors (Lipinski definition) is 6. The molecule has 0 fully saturated rings. The van der Waals surface area contributed by atoms with Crippen LogP contribution in [-0.4, -0.2) is 28.8 Å². The maximum absolute atomic E-state index is 13.6. The summed E-state index contributed by atoms with van der Waals surface area (Å²) in [5.74, 6) is -1.42. The van der Waals surface area contributed by atoms with Crippen LogP contribution >= 0.6 is 0 Å². The summed E-state index contributed by atoms with van der Waals surface area (Å²) in [6, 6.07) is 12.5. The normalized spacial score (nSPS) is 10.2. The molecule has 0 spiro atoms. The number of anilines is 2. The Bertz CT molecular complexity index is 1040. The molecule has 1 heterocycles. The Labute approximate surface area is 160 Å². The van der Waals surface area contributed by atoms with Crippen molar-refractivity contribution in [3.63, 3.8) is 0 Å². The van der Waals surface area contributed by atoms with Crippen LogP contribution < -0.4 is 21.9 Å². The molecule has 0 aliphatic carbocycles. The number of nitrogens with zero attached hydrogens (tertiary/aromatic N) is 2. The fraction of sp³-hybridized carbons (Fsp3) is 0.0526. The van der Waals surface area contributed by atoms with E-state index in [1.165, 1.54) is 25.4 Å². The van der Waals surface area contributed by atoms with E-state index in [4.69, 9.17) is 5.73 Å². The molecule has 0 radical (unpaired) electrons. The Morgan fingerprint density at radius 2 is 1.86 bits per heavy atom. The molecule has 0 saturated heterocycles. The van der Waals surface area contributed by atoms with Gasteiger partial charge in [0.25, 0.3) is 11.8 Å². The number of hydrazine groups is 1. The standard InChI is InChI=1S/C19H17FN6O2/c1-22-19(28)16-17(21)23-10-15(24-16)11-5-4-6-12(9-11)18(27)26-25-14-8-3-2-7-13(14)20/h2-10,25H,1H3,(H2,21,23)(H,22,28)(H,26,27). The van der Waals surface area contributed by atoms with Gasteiger partial charge in [-0.2, -0.15) is 0 Å². The van der Waals surface area contributed by atoms with E-state index in [1.807, 2.05) is 0 Å². The number of carbonyl (C=O) groups is 2. The Morgan fingerprint density at radius 1 is 1.07 bits per heavy atom. The minimum absolute atomic E-state index is 0.00364. The van der Waals surface area contributed by atoms with E-state index in [0.29, 0.717) is 16.8 Å². The second-order valence-corrected chi connectivity index (χ2v) is 5.71. The molecule has 9 heteroatoms. The van der Waals surface area contributed by atoms with Crippen LogP contribution in [0.5, 0.6) is 0 Å². The Balaban J connectivity index is 1.81. The summed E-state index contributed by atoms with van der Waals surface area (Å²) < 4.78 is 13.6. The molecular weight excluding hydrogens is 363 g/mol. The Hall–Kier alpha value is -4.01. The van der Waals surface area contributed by atoms with Gasteiger partial charge in [-0.25, -0.2) is 14.4 Å². The van der Waals surface area contributed by atoms with Crippen LogP contribution in [-0.2, 0) is 0 Å². The first-order valence-corrected chi connectivity index (χ1v) is 8.25. The highest BCUT2D eigenvalue weighted by Crippen LogP contribution is 2.20. The first-order valence-electron chi connectivity index (χ1n) is 8.25. The third-order valence-corrected chi connectivity index (χ3v) is 3.85. The number of carbonyl (C=O) groups excluding carboxylic acids is 2. The van der Waals surface area contributed by atoms with Crippen molar-refractivity contribution >= 4 is 23.3 Å². The highest BCUT2D eigenvalue weighted by atomic mass is 19.1. The molecule has 5 N–H and O–H groups in total. The molecule has 0 atom stereocenters. The van der Waals surface area contributed by atoms with Crippen molar-refractivity contribution in [2.45, 2.75) is 0 Å². The van der Waals surface area contributed by atoms with Gasteiger partial charge in [0, 0.05) is 18.2 Å². The van der Waals surface area contributed by atoms with Gasteiger partial charge >= 0.3 is 0 Å². The van der Waals surface area contributed by atoms with Crippen LogP contribution in [0.4, 0.5) is 15.9 Å². The number of nitrogens with two attached hydrogens (primary N) is 1. The number of hydrogen-bond donors (Lipinski definition) is 4. The van der Waals surface area contributed by atoms with Gasteiger partial charge in [0.05, 0.1) is 17.6 Å². The van der Waals surface area contributed by atoms with Gasteiger partial charge in [-0.05, 0) is 24.3 Å². The van der Waals surface area contributed by atoms with Crippen LogP contribution in [0.15, 0.2) is 54.7 Å². The number of para-hydroxylation sites is 1. The molecule has 2 aromatic carbocycles. The van der Waals surface area contributed by atoms with Crippen LogP contribution in [0.25, 0.3) is 11.3 Å². The number of amides is 2. The van der Waals surface area contributed by atoms with Crippen LogP contribution in [0.1, 0.15) is 20.8 Å². The molecule has 0 saturated carbocycles. The lowest BCUT2D eigenvalue weighted by atomic mass is 10.1. The lowest BCUT2D eigenvalue weighted by Crippen LogP contribution is -2.29. The van der Waals surface area contributed by atoms with Gasteiger partial charge < -0.3 is 11.1 Å². The third-order valence-electron chi connectivity index (χ3n) is 3.85. The van der Waals surface area contributed by atoms with Gasteiger partial charge in [-0.1, -0.05) is 24.3 Å². The molecular formula is C19H17FN6O2. The first-order chi connectivity index (χ1) is 13.5. The summed E-state index contributed by atoms with van der Waals surface area (Å²) in [4.78, 5) is 32.4. The summed E-state index contributed by atoms with van der Waals surface area (Å²) in [6.07, 6.45) is 1.41. The molecule has 1 aromatic heterocycles. The quantitative estimate of drug-likeness (QED) is 0.502. The van der Waals surface area contributed by atoms with Crippen molar-refractivity contribution in [2.24, 2.45) is 0 Å². The summed E-state index contributed by atoms with van der Waals surface area (Å²) in [5.41, 5.74) is 12.1. The SMILES string of the molecule is CNC(=O)c1nc(-c2cccc(C(=O)NNc3ccccc3F)c2)cnc1N.